The molecule has 1 aliphatic heterocycles. The average molecular weight is 270 g/mol. The largest absolute Gasteiger partial charge is 0.394 e. The maximum atomic E-state index is 13.3. The van der Waals surface area contributed by atoms with Gasteiger partial charge in [-0.3, -0.25) is 0 Å². The molecule has 0 aliphatic carbocycles. The molecule has 102 valence electrons. The summed E-state index contributed by atoms with van der Waals surface area (Å²) in [4.78, 5) is 3.97. The first-order valence-electron chi connectivity index (χ1n) is 5.86. The Labute approximate surface area is 107 Å². The number of ether oxygens (including phenoxy) is 1. The number of benzene rings is 1. The van der Waals surface area contributed by atoms with Crippen LogP contribution in [0.15, 0.2) is 18.5 Å². The van der Waals surface area contributed by atoms with Gasteiger partial charge in [0.05, 0.1) is 30.1 Å². The molecule has 2 heterocycles. The average Bonchev–Trinajstić information content (AvgIpc) is 2.93. The van der Waals surface area contributed by atoms with Crippen LogP contribution in [-0.4, -0.2) is 38.6 Å². The van der Waals surface area contributed by atoms with Crippen LogP contribution in [0.5, 0.6) is 0 Å². The predicted octanol–water partition coefficient (Wildman–Crippen LogP) is 0.955. The Morgan fingerprint density at radius 2 is 2.11 bits per heavy atom. The Hall–Kier alpha value is -1.57. The second-order valence-corrected chi connectivity index (χ2v) is 4.52. The maximum absolute atomic E-state index is 13.3. The lowest BCUT2D eigenvalue weighted by Crippen LogP contribution is -2.24. The van der Waals surface area contributed by atoms with Crippen LogP contribution in [0.4, 0.5) is 8.78 Å². The standard InChI is InChI=1S/C12H12F2N2O3/c13-6-1-8-9(2-7(6)14)16(5-15-8)12-3-10(18)11(4-17)19-12/h1-2,5,10-12,17-18H,3-4H2/t10-,11+,12+/m0/s1. The molecule has 1 aliphatic rings. The van der Waals surface area contributed by atoms with Gasteiger partial charge in [-0.15, -0.1) is 0 Å². The first-order chi connectivity index (χ1) is 9.10. The van der Waals surface area contributed by atoms with Crippen LogP contribution < -0.4 is 0 Å². The molecular formula is C12H12F2N2O3. The quantitative estimate of drug-likeness (QED) is 0.852. The van der Waals surface area contributed by atoms with Crippen molar-refractivity contribution in [3.63, 3.8) is 0 Å². The fraction of sp³-hybridized carbons (Fsp3) is 0.417. The van der Waals surface area contributed by atoms with Crippen molar-refractivity contribution in [1.82, 2.24) is 9.55 Å². The van der Waals surface area contributed by atoms with Gasteiger partial charge in [0.25, 0.3) is 0 Å². The molecule has 2 N–H and O–H groups in total. The Kier molecular flexibility index (Phi) is 2.96. The van der Waals surface area contributed by atoms with Crippen molar-refractivity contribution in [2.45, 2.75) is 24.9 Å². The lowest BCUT2D eigenvalue weighted by Gasteiger charge is -2.14. The molecular weight excluding hydrogens is 258 g/mol. The Balaban J connectivity index is 2.00. The van der Waals surface area contributed by atoms with Crippen LogP contribution in [0.2, 0.25) is 0 Å². The molecule has 0 amide bonds. The summed E-state index contributed by atoms with van der Waals surface area (Å²) in [6.07, 6.45) is -0.358. The van der Waals surface area contributed by atoms with E-state index in [-0.39, 0.29) is 13.0 Å². The van der Waals surface area contributed by atoms with E-state index < -0.39 is 30.1 Å². The lowest BCUT2D eigenvalue weighted by molar-refractivity contribution is -0.0430. The predicted molar refractivity (Wildman–Crippen MR) is 61.3 cm³/mol. The highest BCUT2D eigenvalue weighted by atomic mass is 19.2. The molecule has 1 aromatic carbocycles. The van der Waals surface area contributed by atoms with Crippen LogP contribution >= 0.6 is 0 Å². The Morgan fingerprint density at radius 1 is 1.37 bits per heavy atom. The van der Waals surface area contributed by atoms with E-state index in [1.807, 2.05) is 0 Å². The third-order valence-electron chi connectivity index (χ3n) is 3.31. The third-order valence-corrected chi connectivity index (χ3v) is 3.31. The first kappa shape index (κ1) is 12.5. The van der Waals surface area contributed by atoms with Gasteiger partial charge < -0.3 is 19.5 Å². The zero-order valence-corrected chi connectivity index (χ0v) is 9.83. The minimum absolute atomic E-state index is 0.260. The summed E-state index contributed by atoms with van der Waals surface area (Å²) in [6, 6.07) is 2.05. The number of hydrogen-bond acceptors (Lipinski definition) is 4. The summed E-state index contributed by atoms with van der Waals surface area (Å²) in [7, 11) is 0. The fourth-order valence-corrected chi connectivity index (χ4v) is 2.30. The van der Waals surface area contributed by atoms with Crippen molar-refractivity contribution >= 4 is 11.0 Å². The van der Waals surface area contributed by atoms with Crippen LogP contribution in [-0.2, 0) is 4.74 Å². The van der Waals surface area contributed by atoms with E-state index in [0.717, 1.165) is 12.1 Å². The lowest BCUT2D eigenvalue weighted by atomic mass is 10.2. The highest BCUT2D eigenvalue weighted by Gasteiger charge is 2.35. The van der Waals surface area contributed by atoms with Gasteiger partial charge in [0, 0.05) is 18.6 Å². The zero-order valence-electron chi connectivity index (χ0n) is 9.83. The van der Waals surface area contributed by atoms with Gasteiger partial charge in [0.2, 0.25) is 0 Å². The highest BCUT2D eigenvalue weighted by molar-refractivity contribution is 5.75. The molecule has 0 saturated carbocycles. The minimum Gasteiger partial charge on any atom is -0.394 e. The van der Waals surface area contributed by atoms with Gasteiger partial charge >= 0.3 is 0 Å². The van der Waals surface area contributed by atoms with Gasteiger partial charge in [0.1, 0.15) is 12.3 Å². The molecule has 5 nitrogen and oxygen atoms in total. The zero-order chi connectivity index (χ0) is 13.6. The van der Waals surface area contributed by atoms with Crippen molar-refractivity contribution in [2.24, 2.45) is 0 Å². The SMILES string of the molecule is OC[C@H]1O[C@@H](n2cnc3cc(F)c(F)cc32)C[C@@H]1O. The van der Waals surface area contributed by atoms with Crippen molar-refractivity contribution < 1.29 is 23.7 Å². The summed E-state index contributed by atoms with van der Waals surface area (Å²) in [6.45, 7) is -0.298. The van der Waals surface area contributed by atoms with E-state index in [4.69, 9.17) is 9.84 Å². The number of aliphatic hydroxyl groups excluding tert-OH is 2. The molecule has 3 rings (SSSR count). The molecule has 2 aromatic rings. The summed E-state index contributed by atoms with van der Waals surface area (Å²) < 4.78 is 33.3. The number of fused-ring (bicyclic) bond motifs is 1. The summed E-state index contributed by atoms with van der Waals surface area (Å²) >= 11 is 0. The van der Waals surface area contributed by atoms with Crippen LogP contribution in [0.25, 0.3) is 11.0 Å². The molecule has 0 spiro atoms. The van der Waals surface area contributed by atoms with Gasteiger partial charge in [0.15, 0.2) is 11.6 Å². The maximum Gasteiger partial charge on any atom is 0.161 e. The smallest absolute Gasteiger partial charge is 0.161 e. The van der Waals surface area contributed by atoms with Gasteiger partial charge in [-0.2, -0.15) is 0 Å². The molecule has 19 heavy (non-hydrogen) atoms. The van der Waals surface area contributed by atoms with Gasteiger partial charge in [-0.25, -0.2) is 13.8 Å². The summed E-state index contributed by atoms with van der Waals surface area (Å²) in [5.41, 5.74) is 0.694. The van der Waals surface area contributed by atoms with Gasteiger partial charge in [-0.05, 0) is 0 Å². The molecule has 0 bridgehead atoms. The number of imidazole rings is 1. The van der Waals surface area contributed by atoms with Crippen LogP contribution in [0, 0.1) is 11.6 Å². The number of hydrogen-bond donors (Lipinski definition) is 2. The number of nitrogens with zero attached hydrogens (tertiary/aromatic N) is 2. The normalized spacial score (nSPS) is 27.3. The van der Waals surface area contributed by atoms with Crippen molar-refractivity contribution in [2.75, 3.05) is 6.61 Å². The van der Waals surface area contributed by atoms with Crippen molar-refractivity contribution in [3.8, 4) is 0 Å². The second-order valence-electron chi connectivity index (χ2n) is 4.52. The molecule has 0 radical (unpaired) electrons. The first-order valence-corrected chi connectivity index (χ1v) is 5.86. The van der Waals surface area contributed by atoms with E-state index >= 15 is 0 Å². The van der Waals surface area contributed by atoms with Gasteiger partial charge in [-0.1, -0.05) is 0 Å². The molecule has 1 aromatic heterocycles. The molecule has 0 unspecified atom stereocenters. The van der Waals surface area contributed by atoms with E-state index in [2.05, 4.69) is 4.98 Å². The fourth-order valence-electron chi connectivity index (χ4n) is 2.30. The topological polar surface area (TPSA) is 67.5 Å². The molecule has 1 saturated heterocycles. The van der Waals surface area contributed by atoms with E-state index in [1.54, 1.807) is 0 Å². The second kappa shape index (κ2) is 4.52. The van der Waals surface area contributed by atoms with E-state index in [0.29, 0.717) is 11.0 Å². The molecule has 7 heteroatoms. The minimum atomic E-state index is -0.966. The van der Waals surface area contributed by atoms with Crippen LogP contribution in [0.3, 0.4) is 0 Å². The molecule has 1 fully saturated rings. The van der Waals surface area contributed by atoms with Crippen molar-refractivity contribution in [3.05, 3.63) is 30.1 Å². The van der Waals surface area contributed by atoms with Crippen molar-refractivity contribution in [1.29, 1.82) is 0 Å². The Morgan fingerprint density at radius 3 is 2.79 bits per heavy atom. The number of halogens is 2. The summed E-state index contributed by atoms with van der Waals surface area (Å²) in [5.74, 6) is -1.93. The van der Waals surface area contributed by atoms with Crippen LogP contribution in [0.1, 0.15) is 12.6 Å². The van der Waals surface area contributed by atoms with E-state index in [9.17, 15) is 13.9 Å². The monoisotopic (exact) mass is 270 g/mol. The third kappa shape index (κ3) is 1.99. The number of aliphatic hydroxyl groups is 2. The number of rotatable bonds is 2. The highest BCUT2D eigenvalue weighted by Crippen LogP contribution is 2.31. The number of aromatic nitrogens is 2. The Bertz CT molecular complexity index is 616. The molecule has 3 atom stereocenters. The summed E-state index contributed by atoms with van der Waals surface area (Å²) in [5, 5.41) is 18.7. The van der Waals surface area contributed by atoms with E-state index in [1.165, 1.54) is 10.9 Å².